The summed E-state index contributed by atoms with van der Waals surface area (Å²) in [5.41, 5.74) is 1.17. The Morgan fingerprint density at radius 2 is 2.00 bits per heavy atom. The molecule has 17 heavy (non-hydrogen) atoms. The Hall–Kier alpha value is -1.06. The Bertz CT molecular complexity index is 313. The maximum absolute atomic E-state index is 5.57. The molecule has 0 saturated heterocycles. The fourth-order valence-corrected chi connectivity index (χ4v) is 1.47. The van der Waals surface area contributed by atoms with Crippen LogP contribution in [0, 0.1) is 5.92 Å². The van der Waals surface area contributed by atoms with Gasteiger partial charge in [-0.15, -0.1) is 0 Å². The second-order valence-electron chi connectivity index (χ2n) is 4.39. The van der Waals surface area contributed by atoms with Crippen molar-refractivity contribution in [3.63, 3.8) is 0 Å². The summed E-state index contributed by atoms with van der Waals surface area (Å²) in [5.74, 6) is 1.56. The molecule has 1 rings (SSSR count). The molecule has 0 aromatic heterocycles. The molecule has 0 radical (unpaired) electrons. The van der Waals surface area contributed by atoms with Crippen LogP contribution in [0.2, 0.25) is 0 Å². The molecular formula is C14H23NO2. The van der Waals surface area contributed by atoms with Crippen molar-refractivity contribution in [2.24, 2.45) is 5.92 Å². The third kappa shape index (κ3) is 5.71. The second-order valence-corrected chi connectivity index (χ2v) is 4.39. The molecule has 0 heterocycles. The van der Waals surface area contributed by atoms with Crippen molar-refractivity contribution >= 4 is 0 Å². The summed E-state index contributed by atoms with van der Waals surface area (Å²) in [6.45, 7) is 9.19. The number of nitrogens with one attached hydrogen (secondary N) is 1. The summed E-state index contributed by atoms with van der Waals surface area (Å²) in [5, 5.41) is 3.41. The van der Waals surface area contributed by atoms with Gasteiger partial charge in [-0.1, -0.05) is 32.0 Å². The summed E-state index contributed by atoms with van der Waals surface area (Å²) in [6.07, 6.45) is 0. The van der Waals surface area contributed by atoms with E-state index in [1.165, 1.54) is 5.56 Å². The number of ether oxygens (including phenoxy) is 2. The predicted octanol–water partition coefficient (Wildman–Crippen LogP) is 2.81. The van der Waals surface area contributed by atoms with Gasteiger partial charge >= 0.3 is 0 Å². The van der Waals surface area contributed by atoms with Gasteiger partial charge in [0.15, 0.2) is 6.79 Å². The lowest BCUT2D eigenvalue weighted by molar-refractivity contribution is 0.0218. The van der Waals surface area contributed by atoms with E-state index in [1.54, 1.807) is 0 Å². The molecule has 0 aliphatic carbocycles. The molecular weight excluding hydrogens is 214 g/mol. The standard InChI is InChI=1S/C14H23NO2/c1-4-16-11-17-14-8-6-5-7-13(14)10-15-9-12(2)3/h5-8,12,15H,4,9-11H2,1-3H3. The third-order valence-electron chi connectivity index (χ3n) is 2.34. The normalized spacial score (nSPS) is 10.8. The van der Waals surface area contributed by atoms with Gasteiger partial charge < -0.3 is 14.8 Å². The summed E-state index contributed by atoms with van der Waals surface area (Å²) < 4.78 is 10.8. The Morgan fingerprint density at radius 1 is 1.24 bits per heavy atom. The van der Waals surface area contributed by atoms with Gasteiger partial charge in [0.25, 0.3) is 0 Å². The van der Waals surface area contributed by atoms with Gasteiger partial charge in [-0.05, 0) is 25.5 Å². The molecule has 3 nitrogen and oxygen atoms in total. The van der Waals surface area contributed by atoms with Crippen LogP contribution >= 0.6 is 0 Å². The molecule has 0 spiro atoms. The molecule has 0 fully saturated rings. The first-order valence-corrected chi connectivity index (χ1v) is 6.23. The van der Waals surface area contributed by atoms with Crippen LogP contribution in [0.15, 0.2) is 24.3 Å². The Labute approximate surface area is 104 Å². The highest BCUT2D eigenvalue weighted by molar-refractivity contribution is 5.33. The molecule has 0 amide bonds. The van der Waals surface area contributed by atoms with Gasteiger partial charge in [-0.2, -0.15) is 0 Å². The van der Waals surface area contributed by atoms with Gasteiger partial charge in [0.2, 0.25) is 0 Å². The first-order chi connectivity index (χ1) is 8.24. The molecule has 96 valence electrons. The first-order valence-electron chi connectivity index (χ1n) is 6.23. The third-order valence-corrected chi connectivity index (χ3v) is 2.34. The van der Waals surface area contributed by atoms with E-state index in [1.807, 2.05) is 25.1 Å². The summed E-state index contributed by atoms with van der Waals surface area (Å²) in [4.78, 5) is 0. The smallest absolute Gasteiger partial charge is 0.189 e. The zero-order chi connectivity index (χ0) is 12.5. The largest absolute Gasteiger partial charge is 0.467 e. The van der Waals surface area contributed by atoms with Gasteiger partial charge in [0.05, 0.1) is 0 Å². The minimum Gasteiger partial charge on any atom is -0.467 e. The average molecular weight is 237 g/mol. The molecule has 0 atom stereocenters. The first kappa shape index (κ1) is 14.0. The van der Waals surface area contributed by atoms with Crippen molar-refractivity contribution in [1.82, 2.24) is 5.32 Å². The van der Waals surface area contributed by atoms with Crippen molar-refractivity contribution in [2.75, 3.05) is 19.9 Å². The topological polar surface area (TPSA) is 30.5 Å². The predicted molar refractivity (Wildman–Crippen MR) is 70.1 cm³/mol. The summed E-state index contributed by atoms with van der Waals surface area (Å²) in [6, 6.07) is 8.06. The zero-order valence-electron chi connectivity index (χ0n) is 11.0. The van der Waals surface area contributed by atoms with E-state index in [0.29, 0.717) is 19.3 Å². The van der Waals surface area contributed by atoms with E-state index >= 15 is 0 Å². The van der Waals surface area contributed by atoms with Crippen LogP contribution < -0.4 is 10.1 Å². The van der Waals surface area contributed by atoms with Crippen LogP contribution in [-0.2, 0) is 11.3 Å². The van der Waals surface area contributed by atoms with Crippen LogP contribution in [0.4, 0.5) is 0 Å². The quantitative estimate of drug-likeness (QED) is 0.557. The molecule has 1 aromatic carbocycles. The SMILES string of the molecule is CCOCOc1ccccc1CNCC(C)C. The van der Waals surface area contributed by atoms with Gasteiger partial charge in [0.1, 0.15) is 5.75 Å². The maximum atomic E-state index is 5.57. The Morgan fingerprint density at radius 3 is 2.71 bits per heavy atom. The Balaban J connectivity index is 2.46. The van der Waals surface area contributed by atoms with E-state index < -0.39 is 0 Å². The Kier molecular flexibility index (Phi) is 6.67. The number of para-hydroxylation sites is 1. The maximum Gasteiger partial charge on any atom is 0.189 e. The van der Waals surface area contributed by atoms with Crippen LogP contribution in [0.1, 0.15) is 26.3 Å². The number of hydrogen-bond acceptors (Lipinski definition) is 3. The van der Waals surface area contributed by atoms with E-state index in [9.17, 15) is 0 Å². The molecule has 0 bridgehead atoms. The second kappa shape index (κ2) is 8.09. The fourth-order valence-electron chi connectivity index (χ4n) is 1.47. The van der Waals surface area contributed by atoms with Crippen LogP contribution in [0.25, 0.3) is 0 Å². The van der Waals surface area contributed by atoms with E-state index in [4.69, 9.17) is 9.47 Å². The monoisotopic (exact) mass is 237 g/mol. The number of benzene rings is 1. The van der Waals surface area contributed by atoms with Gasteiger partial charge in [-0.25, -0.2) is 0 Å². The minimum atomic E-state index is 0.317. The van der Waals surface area contributed by atoms with Crippen molar-refractivity contribution < 1.29 is 9.47 Å². The molecule has 1 aromatic rings. The highest BCUT2D eigenvalue weighted by Crippen LogP contribution is 2.17. The number of hydrogen-bond donors (Lipinski definition) is 1. The zero-order valence-corrected chi connectivity index (χ0v) is 11.0. The van der Waals surface area contributed by atoms with Crippen LogP contribution in [0.3, 0.4) is 0 Å². The van der Waals surface area contributed by atoms with Crippen molar-refractivity contribution in [3.8, 4) is 5.75 Å². The fraction of sp³-hybridized carbons (Fsp3) is 0.571. The van der Waals surface area contributed by atoms with Gasteiger partial charge in [0, 0.05) is 18.7 Å². The lowest BCUT2D eigenvalue weighted by Crippen LogP contribution is -2.19. The summed E-state index contributed by atoms with van der Waals surface area (Å²) in [7, 11) is 0. The number of rotatable bonds is 8. The average Bonchev–Trinajstić information content (AvgIpc) is 2.31. The molecule has 0 unspecified atom stereocenters. The summed E-state index contributed by atoms with van der Waals surface area (Å²) >= 11 is 0. The molecule has 0 aliphatic heterocycles. The molecule has 1 N–H and O–H groups in total. The lowest BCUT2D eigenvalue weighted by atomic mass is 10.2. The molecule has 3 heteroatoms. The van der Waals surface area contributed by atoms with Crippen molar-refractivity contribution in [2.45, 2.75) is 27.3 Å². The molecule has 0 aliphatic rings. The highest BCUT2D eigenvalue weighted by Gasteiger charge is 2.02. The minimum absolute atomic E-state index is 0.317. The van der Waals surface area contributed by atoms with Crippen molar-refractivity contribution in [3.05, 3.63) is 29.8 Å². The van der Waals surface area contributed by atoms with Crippen molar-refractivity contribution in [1.29, 1.82) is 0 Å². The van der Waals surface area contributed by atoms with E-state index in [0.717, 1.165) is 18.8 Å². The van der Waals surface area contributed by atoms with Crippen LogP contribution in [0.5, 0.6) is 5.75 Å². The van der Waals surface area contributed by atoms with Crippen LogP contribution in [-0.4, -0.2) is 19.9 Å². The lowest BCUT2D eigenvalue weighted by Gasteiger charge is -2.12. The van der Waals surface area contributed by atoms with E-state index in [-0.39, 0.29) is 0 Å². The van der Waals surface area contributed by atoms with Gasteiger partial charge in [-0.3, -0.25) is 0 Å². The van der Waals surface area contributed by atoms with E-state index in [2.05, 4.69) is 25.2 Å². The highest BCUT2D eigenvalue weighted by atomic mass is 16.7. The molecule has 0 saturated carbocycles.